The van der Waals surface area contributed by atoms with E-state index in [1.54, 1.807) is 5.57 Å². The highest BCUT2D eigenvalue weighted by atomic mass is 16.6. The first-order valence-electron chi connectivity index (χ1n) is 14.0. The lowest BCUT2D eigenvalue weighted by Crippen LogP contribution is -2.51. The van der Waals surface area contributed by atoms with Crippen molar-refractivity contribution < 1.29 is 9.53 Å². The molecule has 0 saturated heterocycles. The van der Waals surface area contributed by atoms with Crippen LogP contribution in [0.5, 0.6) is 0 Å². The Hall–Kier alpha value is -1.03. The second-order valence-corrected chi connectivity index (χ2v) is 12.8. The van der Waals surface area contributed by atoms with Gasteiger partial charge in [-0.05, 0) is 99.5 Å². The summed E-state index contributed by atoms with van der Waals surface area (Å²) in [5.74, 6) is 4.40. The van der Waals surface area contributed by atoms with Crippen molar-refractivity contribution in [2.45, 2.75) is 98.0 Å². The van der Waals surface area contributed by atoms with Crippen molar-refractivity contribution in [3.63, 3.8) is 0 Å². The first-order chi connectivity index (χ1) is 15.7. The van der Waals surface area contributed by atoms with E-state index in [2.05, 4.69) is 44.0 Å². The van der Waals surface area contributed by atoms with Crippen LogP contribution in [0.25, 0.3) is 0 Å². The van der Waals surface area contributed by atoms with Crippen LogP contribution in [0.4, 0.5) is 4.79 Å². The fourth-order valence-electron chi connectivity index (χ4n) is 8.93. The zero-order valence-electron chi connectivity index (χ0n) is 22.3. The Morgan fingerprint density at radius 1 is 1.18 bits per heavy atom. The van der Waals surface area contributed by atoms with Crippen molar-refractivity contribution >= 4 is 6.09 Å². The Balaban J connectivity index is 1.41. The topological polar surface area (TPSA) is 41.6 Å². The number of rotatable bonds is 7. The predicted octanol–water partition coefficient (Wildman–Crippen LogP) is 6.66. The lowest BCUT2D eigenvalue weighted by molar-refractivity contribution is -0.0580. The first kappa shape index (κ1) is 25.1. The molecule has 3 fully saturated rings. The first-order valence-corrected chi connectivity index (χ1v) is 14.0. The Morgan fingerprint density at radius 3 is 2.70 bits per heavy atom. The van der Waals surface area contributed by atoms with E-state index >= 15 is 0 Å². The van der Waals surface area contributed by atoms with Crippen LogP contribution in [0.3, 0.4) is 0 Å². The number of likely N-dealkylation sites (N-methyl/N-ethyl adjacent to an activating group) is 1. The number of nitrogens with zero attached hydrogens (tertiary/aromatic N) is 1. The average Bonchev–Trinajstić information content (AvgIpc) is 3.11. The van der Waals surface area contributed by atoms with E-state index in [0.29, 0.717) is 17.4 Å². The maximum atomic E-state index is 12.3. The number of carbonyl (C=O) groups is 1. The third kappa shape index (κ3) is 4.75. The number of allylic oxidation sites excluding steroid dienone is 1. The molecular formula is C29H50N2O2. The lowest BCUT2D eigenvalue weighted by atomic mass is 9.47. The summed E-state index contributed by atoms with van der Waals surface area (Å²) in [4.78, 5) is 14.4. The smallest absolute Gasteiger partial charge is 0.407 e. The number of carbonyl (C=O) groups excluding carboxylic acids is 1. The number of hydrogen-bond acceptors (Lipinski definition) is 3. The van der Waals surface area contributed by atoms with E-state index in [4.69, 9.17) is 4.74 Å². The van der Waals surface area contributed by atoms with Crippen molar-refractivity contribution in [3.8, 4) is 0 Å². The number of nitrogens with one attached hydrogen (secondary N) is 1. The van der Waals surface area contributed by atoms with Crippen LogP contribution in [-0.2, 0) is 4.74 Å². The summed E-state index contributed by atoms with van der Waals surface area (Å²) in [5, 5.41) is 2.92. The van der Waals surface area contributed by atoms with Gasteiger partial charge in [0.2, 0.25) is 0 Å². The summed E-state index contributed by atoms with van der Waals surface area (Å²) >= 11 is 0. The molecule has 1 amide bonds. The molecule has 0 aromatic heterocycles. The van der Waals surface area contributed by atoms with Crippen LogP contribution in [0.1, 0.15) is 91.9 Å². The Labute approximate surface area is 203 Å². The Morgan fingerprint density at radius 2 is 1.97 bits per heavy atom. The van der Waals surface area contributed by atoms with Crippen molar-refractivity contribution in [1.82, 2.24) is 10.2 Å². The molecule has 8 atom stereocenters. The zero-order chi connectivity index (χ0) is 23.8. The van der Waals surface area contributed by atoms with E-state index in [1.165, 1.54) is 51.4 Å². The largest absolute Gasteiger partial charge is 0.446 e. The second-order valence-electron chi connectivity index (χ2n) is 12.8. The van der Waals surface area contributed by atoms with E-state index in [0.717, 1.165) is 49.0 Å². The molecule has 4 aliphatic rings. The molecule has 0 aromatic rings. The molecule has 0 aliphatic heterocycles. The van der Waals surface area contributed by atoms with Gasteiger partial charge in [-0.2, -0.15) is 0 Å². The molecule has 0 spiro atoms. The predicted molar refractivity (Wildman–Crippen MR) is 136 cm³/mol. The molecule has 0 heterocycles. The number of alkyl carbamates (subject to hydrolysis) is 1. The molecule has 33 heavy (non-hydrogen) atoms. The molecule has 0 unspecified atom stereocenters. The normalized spacial score (nSPS) is 40.9. The minimum atomic E-state index is -0.244. The van der Waals surface area contributed by atoms with E-state index in [-0.39, 0.29) is 12.2 Å². The fourth-order valence-corrected chi connectivity index (χ4v) is 8.93. The highest BCUT2D eigenvalue weighted by molar-refractivity contribution is 5.67. The van der Waals surface area contributed by atoms with E-state index < -0.39 is 0 Å². The van der Waals surface area contributed by atoms with Crippen LogP contribution in [0.15, 0.2) is 11.6 Å². The molecular weight excluding hydrogens is 408 g/mol. The highest BCUT2D eigenvalue weighted by Crippen LogP contribution is 2.67. The van der Waals surface area contributed by atoms with Gasteiger partial charge in [0, 0.05) is 19.5 Å². The van der Waals surface area contributed by atoms with Crippen molar-refractivity contribution in [2.24, 2.45) is 40.4 Å². The quantitative estimate of drug-likeness (QED) is 0.434. The molecule has 1 N–H and O–H groups in total. The van der Waals surface area contributed by atoms with E-state index in [9.17, 15) is 4.79 Å². The lowest BCUT2D eigenvalue weighted by Gasteiger charge is -2.58. The summed E-state index contributed by atoms with van der Waals surface area (Å²) in [6.45, 7) is 11.6. The van der Waals surface area contributed by atoms with Gasteiger partial charge in [-0.3, -0.25) is 0 Å². The van der Waals surface area contributed by atoms with Crippen LogP contribution in [-0.4, -0.2) is 44.3 Å². The molecule has 0 bridgehead atoms. The molecule has 4 rings (SSSR count). The minimum absolute atomic E-state index is 0.0415. The van der Waals surface area contributed by atoms with Crippen LogP contribution in [0, 0.1) is 40.4 Å². The van der Waals surface area contributed by atoms with Gasteiger partial charge in [0.05, 0.1) is 0 Å². The third-order valence-corrected chi connectivity index (χ3v) is 10.7. The molecule has 3 saturated carbocycles. The van der Waals surface area contributed by atoms with Crippen LogP contribution < -0.4 is 5.32 Å². The number of amides is 1. The van der Waals surface area contributed by atoms with Crippen LogP contribution >= 0.6 is 0 Å². The molecule has 4 aliphatic carbocycles. The third-order valence-electron chi connectivity index (χ3n) is 10.7. The van der Waals surface area contributed by atoms with Crippen molar-refractivity contribution in [3.05, 3.63) is 11.6 Å². The highest BCUT2D eigenvalue weighted by Gasteiger charge is 2.59. The van der Waals surface area contributed by atoms with Gasteiger partial charge < -0.3 is 15.0 Å². The Kier molecular flexibility index (Phi) is 7.53. The van der Waals surface area contributed by atoms with Gasteiger partial charge in [-0.25, -0.2) is 4.79 Å². The molecule has 188 valence electrons. The summed E-state index contributed by atoms with van der Waals surface area (Å²) in [5.41, 5.74) is 2.47. The van der Waals surface area contributed by atoms with Gasteiger partial charge >= 0.3 is 6.09 Å². The Bertz CT molecular complexity index is 733. The summed E-state index contributed by atoms with van der Waals surface area (Å²) in [7, 11) is 4.03. The molecule has 0 radical (unpaired) electrons. The number of ether oxygens (including phenoxy) is 1. The number of fused-ring (bicyclic) bond motifs is 5. The summed E-state index contributed by atoms with van der Waals surface area (Å²) in [6.07, 6.45) is 15.2. The zero-order valence-corrected chi connectivity index (χ0v) is 22.3. The average molecular weight is 459 g/mol. The van der Waals surface area contributed by atoms with Crippen LogP contribution in [0.2, 0.25) is 0 Å². The van der Waals surface area contributed by atoms with Gasteiger partial charge in [-0.15, -0.1) is 0 Å². The fraction of sp³-hybridized carbons (Fsp3) is 0.897. The van der Waals surface area contributed by atoms with Gasteiger partial charge in [0.15, 0.2) is 0 Å². The van der Waals surface area contributed by atoms with Crippen molar-refractivity contribution in [1.29, 1.82) is 0 Å². The van der Waals surface area contributed by atoms with Gasteiger partial charge in [0.25, 0.3) is 0 Å². The summed E-state index contributed by atoms with van der Waals surface area (Å²) in [6, 6.07) is 0. The maximum absolute atomic E-state index is 12.3. The standard InChI is InChI=1S/C29H50N2O2/c1-7-8-20(2)24-11-12-25-23-10-9-21-19-22(33-27(32)30-17-18-31(5)6)13-15-28(21,3)26(23)14-16-29(24,25)4/h9,20,22-26H,7-8,10-19H2,1-6H3,(H,30,32)/t20-,22+,23+,24-,25+,26+,28+,29-/m1/s1. The summed E-state index contributed by atoms with van der Waals surface area (Å²) < 4.78 is 5.84. The second kappa shape index (κ2) is 9.91. The van der Waals surface area contributed by atoms with Gasteiger partial charge in [0.1, 0.15) is 6.10 Å². The van der Waals surface area contributed by atoms with Gasteiger partial charge in [-0.1, -0.05) is 52.2 Å². The SMILES string of the molecule is CCC[C@@H](C)[C@H]1CC[C@H]2[C@@H]3CC=C4C[C@@H](OC(=O)NCCN(C)C)CC[C@]4(C)[C@H]3CC[C@]12C. The minimum Gasteiger partial charge on any atom is -0.446 e. The number of hydrogen-bond donors (Lipinski definition) is 1. The molecule has 0 aromatic carbocycles. The maximum Gasteiger partial charge on any atom is 0.407 e. The van der Waals surface area contributed by atoms with Crippen molar-refractivity contribution in [2.75, 3.05) is 27.2 Å². The molecule has 4 nitrogen and oxygen atoms in total. The molecule has 4 heteroatoms. The monoisotopic (exact) mass is 458 g/mol. The van der Waals surface area contributed by atoms with E-state index in [1.807, 2.05) is 14.1 Å².